The number of aromatic nitrogens is 2. The van der Waals surface area contributed by atoms with Crippen molar-refractivity contribution >= 4 is 19.4 Å². The van der Waals surface area contributed by atoms with Crippen molar-refractivity contribution in [2.24, 2.45) is 7.05 Å². The number of rotatable bonds is 6. The number of imidazole rings is 1. The molecule has 1 rings (SSSR count). The fourth-order valence-electron chi connectivity index (χ4n) is 1.27. The zero-order valence-electron chi connectivity index (χ0n) is 9.54. The van der Waals surface area contributed by atoms with E-state index >= 15 is 0 Å². The van der Waals surface area contributed by atoms with E-state index < -0.39 is 7.60 Å². The molecule has 0 saturated carbocycles. The van der Waals surface area contributed by atoms with Gasteiger partial charge in [0.25, 0.3) is 0 Å². The van der Waals surface area contributed by atoms with E-state index in [1.165, 1.54) is 10.8 Å². The molecule has 1 heterocycles. The smallest absolute Gasteiger partial charge is 0.319 e. The van der Waals surface area contributed by atoms with Crippen molar-refractivity contribution in [2.45, 2.75) is 13.8 Å². The van der Waals surface area contributed by atoms with Gasteiger partial charge in [-0.05, 0) is 13.8 Å². The summed E-state index contributed by atoms with van der Waals surface area (Å²) in [5.74, 6) is 0. The molecular formula is C9H15N2O4P. The van der Waals surface area contributed by atoms with Crippen LogP contribution in [0.1, 0.15) is 24.3 Å². The highest BCUT2D eigenvalue weighted by molar-refractivity contribution is 7.61. The monoisotopic (exact) mass is 246 g/mol. The summed E-state index contributed by atoms with van der Waals surface area (Å²) in [6.45, 7) is 3.94. The van der Waals surface area contributed by atoms with Gasteiger partial charge < -0.3 is 13.6 Å². The van der Waals surface area contributed by atoms with E-state index in [0.717, 1.165) is 0 Å². The fraction of sp³-hybridized carbons (Fsp3) is 0.556. The summed E-state index contributed by atoms with van der Waals surface area (Å²) in [5, 5.41) is 0. The molecule has 0 aliphatic carbocycles. The van der Waals surface area contributed by atoms with Gasteiger partial charge in [-0.2, -0.15) is 0 Å². The first kappa shape index (κ1) is 13.1. The van der Waals surface area contributed by atoms with Gasteiger partial charge in [-0.3, -0.25) is 9.36 Å². The van der Waals surface area contributed by atoms with E-state index in [0.29, 0.717) is 12.0 Å². The highest BCUT2D eigenvalue weighted by Gasteiger charge is 2.32. The van der Waals surface area contributed by atoms with Crippen LogP contribution >= 0.6 is 7.60 Å². The molecule has 0 aliphatic rings. The van der Waals surface area contributed by atoms with E-state index in [9.17, 15) is 9.36 Å². The molecule has 0 amide bonds. The Morgan fingerprint density at radius 3 is 2.38 bits per heavy atom. The minimum absolute atomic E-state index is 0.151. The van der Waals surface area contributed by atoms with Crippen molar-refractivity contribution in [3.8, 4) is 0 Å². The molecule has 16 heavy (non-hydrogen) atoms. The van der Waals surface area contributed by atoms with Crippen LogP contribution in [-0.4, -0.2) is 29.1 Å². The molecule has 0 aliphatic heterocycles. The number of hydrogen-bond acceptors (Lipinski definition) is 5. The summed E-state index contributed by atoms with van der Waals surface area (Å²) in [4.78, 5) is 14.6. The van der Waals surface area contributed by atoms with E-state index in [-0.39, 0.29) is 18.8 Å². The quantitative estimate of drug-likeness (QED) is 0.555. The first-order valence-electron chi connectivity index (χ1n) is 4.95. The van der Waals surface area contributed by atoms with Gasteiger partial charge in [-0.25, -0.2) is 4.98 Å². The average molecular weight is 246 g/mol. The molecule has 0 atom stereocenters. The predicted molar refractivity (Wildman–Crippen MR) is 59.1 cm³/mol. The Hall–Kier alpha value is -0.970. The molecule has 0 N–H and O–H groups in total. The molecule has 7 heteroatoms. The van der Waals surface area contributed by atoms with Crippen LogP contribution in [0.15, 0.2) is 6.20 Å². The van der Waals surface area contributed by atoms with Crippen LogP contribution in [0.3, 0.4) is 0 Å². The Labute approximate surface area is 94.1 Å². The van der Waals surface area contributed by atoms with E-state index in [4.69, 9.17) is 9.05 Å². The highest BCUT2D eigenvalue weighted by atomic mass is 31.2. The zero-order valence-corrected chi connectivity index (χ0v) is 10.4. The van der Waals surface area contributed by atoms with Crippen LogP contribution in [0.5, 0.6) is 0 Å². The average Bonchev–Trinajstić information content (AvgIpc) is 2.60. The normalized spacial score (nSPS) is 11.7. The van der Waals surface area contributed by atoms with Gasteiger partial charge in [0.2, 0.25) is 5.57 Å². The second kappa shape index (κ2) is 5.39. The molecular weight excluding hydrogens is 231 g/mol. The number of nitrogens with zero attached hydrogens (tertiary/aromatic N) is 2. The lowest BCUT2D eigenvalue weighted by Gasteiger charge is -2.16. The number of carbonyl (C=O) groups excluding carboxylic acids is 1. The summed E-state index contributed by atoms with van der Waals surface area (Å²) in [7, 11) is -1.81. The minimum atomic E-state index is -3.41. The molecule has 0 spiro atoms. The molecule has 0 radical (unpaired) electrons. The van der Waals surface area contributed by atoms with Gasteiger partial charge in [-0.1, -0.05) is 0 Å². The summed E-state index contributed by atoms with van der Waals surface area (Å²) in [5.41, 5.74) is 0.480. The lowest BCUT2D eigenvalue weighted by Crippen LogP contribution is -2.21. The Morgan fingerprint density at radius 1 is 1.44 bits per heavy atom. The Balaban J connectivity index is 3.15. The first-order valence-corrected chi connectivity index (χ1v) is 6.49. The van der Waals surface area contributed by atoms with E-state index in [2.05, 4.69) is 4.98 Å². The lowest BCUT2D eigenvalue weighted by atomic mass is 10.5. The molecule has 0 aromatic carbocycles. The van der Waals surface area contributed by atoms with Gasteiger partial charge >= 0.3 is 7.60 Å². The Kier molecular flexibility index (Phi) is 4.41. The van der Waals surface area contributed by atoms with Crippen LogP contribution in [0.4, 0.5) is 0 Å². The van der Waals surface area contributed by atoms with Gasteiger partial charge in [0, 0.05) is 7.05 Å². The maximum atomic E-state index is 12.3. The van der Waals surface area contributed by atoms with Crippen LogP contribution < -0.4 is 5.57 Å². The van der Waals surface area contributed by atoms with Gasteiger partial charge in [0.1, 0.15) is 5.69 Å². The Bertz CT molecular complexity index is 406. The van der Waals surface area contributed by atoms with E-state index in [1.807, 2.05) is 0 Å². The Morgan fingerprint density at radius 2 is 2.00 bits per heavy atom. The third-order valence-corrected chi connectivity index (χ3v) is 4.07. The van der Waals surface area contributed by atoms with Crippen molar-refractivity contribution in [1.29, 1.82) is 0 Å². The molecule has 1 aromatic rings. The third kappa shape index (κ3) is 2.40. The van der Waals surface area contributed by atoms with Crippen LogP contribution in [-0.2, 0) is 20.7 Å². The minimum Gasteiger partial charge on any atom is -0.319 e. The predicted octanol–water partition coefficient (Wildman–Crippen LogP) is 1.12. The van der Waals surface area contributed by atoms with Crippen molar-refractivity contribution < 1.29 is 18.4 Å². The highest BCUT2D eigenvalue weighted by Crippen LogP contribution is 2.46. The van der Waals surface area contributed by atoms with Crippen molar-refractivity contribution in [3.05, 3.63) is 11.9 Å². The van der Waals surface area contributed by atoms with Gasteiger partial charge in [-0.15, -0.1) is 0 Å². The zero-order chi connectivity index (χ0) is 12.2. The largest absolute Gasteiger partial charge is 0.396 e. The molecule has 90 valence electrons. The van der Waals surface area contributed by atoms with Crippen LogP contribution in [0.25, 0.3) is 0 Å². The SMILES string of the molecule is CCOP(=O)(OCC)c1ncc(C=O)n1C. The molecule has 0 fully saturated rings. The maximum Gasteiger partial charge on any atom is 0.396 e. The standard InChI is InChI=1S/C9H15N2O4P/c1-4-14-16(13,15-5-2)9-10-6-8(7-12)11(9)3/h6-7H,4-5H2,1-3H3. The molecule has 1 aromatic heterocycles. The summed E-state index contributed by atoms with van der Waals surface area (Å²) < 4.78 is 24.0. The number of carbonyl (C=O) groups is 1. The maximum absolute atomic E-state index is 12.3. The van der Waals surface area contributed by atoms with Crippen molar-refractivity contribution in [1.82, 2.24) is 9.55 Å². The second-order valence-electron chi connectivity index (χ2n) is 2.99. The van der Waals surface area contributed by atoms with Crippen LogP contribution in [0.2, 0.25) is 0 Å². The van der Waals surface area contributed by atoms with Crippen molar-refractivity contribution in [3.63, 3.8) is 0 Å². The van der Waals surface area contributed by atoms with Crippen LogP contribution in [0, 0.1) is 0 Å². The first-order chi connectivity index (χ1) is 7.59. The van der Waals surface area contributed by atoms with Gasteiger partial charge in [0.05, 0.1) is 19.4 Å². The summed E-state index contributed by atoms with van der Waals surface area (Å²) in [6, 6.07) is 0. The third-order valence-electron chi connectivity index (χ3n) is 1.96. The summed E-state index contributed by atoms with van der Waals surface area (Å²) in [6.07, 6.45) is 1.98. The molecule has 0 saturated heterocycles. The topological polar surface area (TPSA) is 70.4 Å². The molecule has 6 nitrogen and oxygen atoms in total. The van der Waals surface area contributed by atoms with E-state index in [1.54, 1.807) is 20.9 Å². The van der Waals surface area contributed by atoms with Gasteiger partial charge in [0.15, 0.2) is 6.29 Å². The van der Waals surface area contributed by atoms with Crippen molar-refractivity contribution in [2.75, 3.05) is 13.2 Å². The second-order valence-corrected chi connectivity index (χ2v) is 4.90. The molecule has 0 unspecified atom stereocenters. The lowest BCUT2D eigenvalue weighted by molar-refractivity contribution is 0.111. The molecule has 0 bridgehead atoms. The number of hydrogen-bond donors (Lipinski definition) is 0. The fourth-order valence-corrected chi connectivity index (χ4v) is 2.94. The summed E-state index contributed by atoms with van der Waals surface area (Å²) >= 11 is 0. The number of aldehydes is 1.